The fourth-order valence-electron chi connectivity index (χ4n) is 4.22. The second kappa shape index (κ2) is 9.83. The van der Waals surface area contributed by atoms with Crippen LogP contribution < -0.4 is 22.1 Å². The van der Waals surface area contributed by atoms with Gasteiger partial charge in [-0.1, -0.05) is 53.8 Å². The van der Waals surface area contributed by atoms with E-state index in [1.807, 2.05) is 54.6 Å². The van der Waals surface area contributed by atoms with Gasteiger partial charge in [0.1, 0.15) is 5.00 Å². The van der Waals surface area contributed by atoms with Gasteiger partial charge in [0, 0.05) is 36.9 Å². The molecule has 0 radical (unpaired) electrons. The van der Waals surface area contributed by atoms with Crippen LogP contribution in [-0.4, -0.2) is 40.8 Å². The van der Waals surface area contributed by atoms with Crippen molar-refractivity contribution in [2.24, 2.45) is 11.5 Å². The average molecular weight is 487 g/mol. The van der Waals surface area contributed by atoms with Gasteiger partial charge in [0.25, 0.3) is 11.8 Å². The van der Waals surface area contributed by atoms with Crippen LogP contribution in [-0.2, 0) is 6.54 Å². The lowest BCUT2D eigenvalue weighted by atomic mass is 10.1. The molecule has 2 heterocycles. The van der Waals surface area contributed by atoms with Crippen molar-refractivity contribution >= 4 is 49.7 Å². The molecule has 35 heavy (non-hydrogen) atoms. The van der Waals surface area contributed by atoms with Crippen molar-refractivity contribution in [2.75, 3.05) is 23.7 Å². The van der Waals surface area contributed by atoms with E-state index in [0.717, 1.165) is 59.4 Å². The molecule has 178 valence electrons. The molecule has 5 rings (SSSR count). The van der Waals surface area contributed by atoms with Crippen LogP contribution in [0.2, 0.25) is 0 Å². The smallest absolute Gasteiger partial charge is 0.270 e. The summed E-state index contributed by atoms with van der Waals surface area (Å²) in [6.45, 7) is 2.68. The van der Waals surface area contributed by atoms with E-state index in [1.54, 1.807) is 12.1 Å². The molecule has 1 fully saturated rings. The third-order valence-electron chi connectivity index (χ3n) is 6.02. The molecule has 1 aliphatic heterocycles. The van der Waals surface area contributed by atoms with Crippen molar-refractivity contribution in [3.05, 3.63) is 83.6 Å². The molecule has 1 atom stereocenters. The molecular formula is C26H26N6O2S. The quantitative estimate of drug-likeness (QED) is 0.314. The number of benzene rings is 3. The molecule has 3 aromatic carbocycles. The van der Waals surface area contributed by atoms with Crippen molar-refractivity contribution in [1.82, 2.24) is 9.88 Å². The lowest BCUT2D eigenvalue weighted by molar-refractivity contribution is 0.0997. The van der Waals surface area contributed by atoms with E-state index in [-0.39, 0.29) is 17.6 Å². The highest BCUT2D eigenvalue weighted by Crippen LogP contribution is 2.32. The number of thiazole rings is 1. The number of aromatic nitrogens is 1. The maximum atomic E-state index is 12.9. The normalized spacial score (nSPS) is 15.9. The first-order valence-corrected chi connectivity index (χ1v) is 12.2. The van der Waals surface area contributed by atoms with Crippen LogP contribution >= 0.6 is 11.3 Å². The molecule has 0 bridgehead atoms. The van der Waals surface area contributed by atoms with Gasteiger partial charge in [0.15, 0.2) is 10.8 Å². The Kier molecular flexibility index (Phi) is 6.45. The molecule has 9 heteroatoms. The number of rotatable bonds is 7. The number of hydrogen-bond donors (Lipinski definition) is 4. The first kappa shape index (κ1) is 23.0. The maximum Gasteiger partial charge on any atom is 0.270 e. The minimum atomic E-state index is -0.706. The van der Waals surface area contributed by atoms with E-state index >= 15 is 0 Å². The van der Waals surface area contributed by atoms with Crippen LogP contribution in [0.3, 0.4) is 0 Å². The number of hydrogen-bond acceptors (Lipinski definition) is 7. The molecule has 6 N–H and O–H groups in total. The molecule has 0 aliphatic carbocycles. The van der Waals surface area contributed by atoms with Crippen molar-refractivity contribution in [1.29, 1.82) is 0 Å². The molecule has 1 saturated heterocycles. The Labute approximate surface area is 206 Å². The zero-order valence-electron chi connectivity index (χ0n) is 19.0. The number of anilines is 3. The van der Waals surface area contributed by atoms with Crippen LogP contribution in [0.1, 0.15) is 32.8 Å². The summed E-state index contributed by atoms with van der Waals surface area (Å²) in [5.74, 6) is -1.04. The number of amides is 2. The van der Waals surface area contributed by atoms with E-state index in [4.69, 9.17) is 11.5 Å². The highest BCUT2D eigenvalue weighted by Gasteiger charge is 2.20. The molecule has 2 amide bonds. The second-order valence-corrected chi connectivity index (χ2v) is 9.68. The fraction of sp³-hybridized carbons (Fsp3) is 0.192. The van der Waals surface area contributed by atoms with Gasteiger partial charge in [-0.2, -0.15) is 0 Å². The largest absolute Gasteiger partial charge is 0.364 e. The zero-order valence-corrected chi connectivity index (χ0v) is 19.8. The Morgan fingerprint density at radius 2 is 1.83 bits per heavy atom. The summed E-state index contributed by atoms with van der Waals surface area (Å²) in [6.07, 6.45) is 1.01. The fourth-order valence-corrected chi connectivity index (χ4v) is 5.10. The summed E-state index contributed by atoms with van der Waals surface area (Å²) < 4.78 is 0. The van der Waals surface area contributed by atoms with Gasteiger partial charge in [0.2, 0.25) is 0 Å². The molecule has 1 aliphatic rings. The molecular weight excluding hydrogens is 460 g/mol. The van der Waals surface area contributed by atoms with Crippen molar-refractivity contribution < 1.29 is 9.59 Å². The Morgan fingerprint density at radius 1 is 1.06 bits per heavy atom. The van der Waals surface area contributed by atoms with Crippen LogP contribution in [0, 0.1) is 0 Å². The number of nitrogens with two attached hydrogens (primary N) is 2. The average Bonchev–Trinajstić information content (AvgIpc) is 3.45. The molecule has 0 spiro atoms. The van der Waals surface area contributed by atoms with Crippen LogP contribution in [0.5, 0.6) is 0 Å². The first-order valence-electron chi connectivity index (χ1n) is 11.4. The predicted octanol–water partition coefficient (Wildman–Crippen LogP) is 3.92. The first-order chi connectivity index (χ1) is 16.9. The van der Waals surface area contributed by atoms with Crippen LogP contribution in [0.15, 0.2) is 66.7 Å². The molecule has 8 nitrogen and oxygen atoms in total. The van der Waals surface area contributed by atoms with Crippen LogP contribution in [0.25, 0.3) is 10.8 Å². The Hall–Kier alpha value is -3.79. The van der Waals surface area contributed by atoms with Crippen molar-refractivity contribution in [2.45, 2.75) is 19.0 Å². The molecule has 1 aromatic heterocycles. The molecule has 0 saturated carbocycles. The molecule has 4 aromatic rings. The Morgan fingerprint density at radius 3 is 2.54 bits per heavy atom. The number of carbonyl (C=O) groups is 2. The minimum Gasteiger partial charge on any atom is -0.364 e. The van der Waals surface area contributed by atoms with Crippen molar-refractivity contribution in [3.63, 3.8) is 0 Å². The number of nitrogens with one attached hydrogen (secondary N) is 2. The van der Waals surface area contributed by atoms with E-state index in [2.05, 4.69) is 20.5 Å². The summed E-state index contributed by atoms with van der Waals surface area (Å²) >= 11 is 1.16. The van der Waals surface area contributed by atoms with Gasteiger partial charge in [-0.25, -0.2) is 4.98 Å². The summed E-state index contributed by atoms with van der Waals surface area (Å²) in [6, 6.07) is 21.6. The Bertz CT molecular complexity index is 1380. The third-order valence-corrected chi connectivity index (χ3v) is 6.91. The van der Waals surface area contributed by atoms with E-state index in [9.17, 15) is 9.59 Å². The van der Waals surface area contributed by atoms with E-state index in [1.165, 1.54) is 0 Å². The number of carbonyl (C=O) groups excluding carboxylic acids is 2. The van der Waals surface area contributed by atoms with Gasteiger partial charge in [0.05, 0.1) is 0 Å². The third kappa shape index (κ3) is 5.32. The number of primary amides is 1. The standard InChI is InChI=1S/C26H26N6O2S/c27-20-11-12-32(15-20)14-16-5-7-18(8-6-16)24(34)31-25-22(23(28)33)30-26(35-25)29-21-10-9-17-3-1-2-4-19(17)13-21/h1-10,13,20H,11-12,14-15,27H2,(H2,28,33)(H,29,30)(H,31,34)/t20-/m0/s1. The Balaban J connectivity index is 1.29. The number of nitrogens with zero attached hydrogens (tertiary/aromatic N) is 2. The molecule has 0 unspecified atom stereocenters. The summed E-state index contributed by atoms with van der Waals surface area (Å²) in [5, 5.41) is 8.96. The summed E-state index contributed by atoms with van der Waals surface area (Å²) in [4.78, 5) is 31.5. The SMILES string of the molecule is NC(=O)c1nc(Nc2ccc3ccccc3c2)sc1NC(=O)c1ccc(CN2CC[C@H](N)C2)cc1. The predicted molar refractivity (Wildman–Crippen MR) is 140 cm³/mol. The van der Waals surface area contributed by atoms with E-state index in [0.29, 0.717) is 15.7 Å². The zero-order chi connectivity index (χ0) is 24.4. The lowest BCUT2D eigenvalue weighted by Gasteiger charge is -2.15. The highest BCUT2D eigenvalue weighted by molar-refractivity contribution is 7.20. The number of fused-ring (bicyclic) bond motifs is 1. The second-order valence-electron chi connectivity index (χ2n) is 8.68. The number of likely N-dealkylation sites (tertiary alicyclic amines) is 1. The van der Waals surface area contributed by atoms with Gasteiger partial charge < -0.3 is 22.1 Å². The van der Waals surface area contributed by atoms with Crippen molar-refractivity contribution in [3.8, 4) is 0 Å². The van der Waals surface area contributed by atoms with Gasteiger partial charge in [-0.15, -0.1) is 0 Å². The lowest BCUT2D eigenvalue weighted by Crippen LogP contribution is -2.26. The summed E-state index contributed by atoms with van der Waals surface area (Å²) in [7, 11) is 0. The van der Waals surface area contributed by atoms with E-state index < -0.39 is 5.91 Å². The van der Waals surface area contributed by atoms with Gasteiger partial charge >= 0.3 is 0 Å². The topological polar surface area (TPSA) is 126 Å². The van der Waals surface area contributed by atoms with Gasteiger partial charge in [-0.3, -0.25) is 14.5 Å². The maximum absolute atomic E-state index is 12.9. The monoisotopic (exact) mass is 486 g/mol. The minimum absolute atomic E-state index is 0.0219. The summed E-state index contributed by atoms with van der Waals surface area (Å²) in [5.41, 5.74) is 14.0. The van der Waals surface area contributed by atoms with Crippen LogP contribution in [0.4, 0.5) is 15.8 Å². The van der Waals surface area contributed by atoms with Gasteiger partial charge in [-0.05, 0) is 47.0 Å². The highest BCUT2D eigenvalue weighted by atomic mass is 32.1.